The van der Waals surface area contributed by atoms with Gasteiger partial charge in [-0.2, -0.15) is 0 Å². The minimum Gasteiger partial charge on any atom is -0.497 e. The van der Waals surface area contributed by atoms with Crippen LogP contribution in [0.1, 0.15) is 29.3 Å². The fourth-order valence-corrected chi connectivity index (χ4v) is 2.82. The van der Waals surface area contributed by atoms with Gasteiger partial charge in [0.25, 0.3) is 0 Å². The highest BCUT2D eigenvalue weighted by atomic mass is 35.5. The molecule has 0 amide bonds. The molecule has 108 valence electrons. The number of aromatic nitrogens is 2. The highest BCUT2D eigenvalue weighted by Gasteiger charge is 2.16. The van der Waals surface area contributed by atoms with Crippen LogP contribution in [0.15, 0.2) is 48.7 Å². The second kappa shape index (κ2) is 5.78. The number of alkyl halides is 1. The molecule has 4 heteroatoms. The molecular formula is C17H17ClN2O. The summed E-state index contributed by atoms with van der Waals surface area (Å²) < 4.78 is 7.34. The number of rotatable bonds is 4. The number of methoxy groups -OCH3 is 1. The molecule has 0 spiro atoms. The van der Waals surface area contributed by atoms with Gasteiger partial charge in [0, 0.05) is 12.6 Å². The second-order valence-corrected chi connectivity index (χ2v) is 5.67. The highest BCUT2D eigenvalue weighted by molar-refractivity contribution is 6.20. The molecule has 0 saturated heterocycles. The van der Waals surface area contributed by atoms with Crippen LogP contribution in [0.25, 0.3) is 5.65 Å². The zero-order valence-corrected chi connectivity index (χ0v) is 12.8. The van der Waals surface area contributed by atoms with E-state index in [1.165, 1.54) is 0 Å². The van der Waals surface area contributed by atoms with Gasteiger partial charge < -0.3 is 9.14 Å². The van der Waals surface area contributed by atoms with Crippen molar-refractivity contribution < 1.29 is 4.74 Å². The van der Waals surface area contributed by atoms with Crippen LogP contribution in [-0.4, -0.2) is 16.5 Å². The van der Waals surface area contributed by atoms with Crippen molar-refractivity contribution in [3.05, 3.63) is 65.6 Å². The lowest BCUT2D eigenvalue weighted by molar-refractivity contribution is 0.414. The van der Waals surface area contributed by atoms with E-state index in [-0.39, 0.29) is 5.38 Å². The van der Waals surface area contributed by atoms with Crippen LogP contribution in [0.2, 0.25) is 0 Å². The number of pyridine rings is 1. The number of imidazole rings is 1. The Morgan fingerprint density at radius 3 is 2.86 bits per heavy atom. The van der Waals surface area contributed by atoms with E-state index >= 15 is 0 Å². The van der Waals surface area contributed by atoms with Crippen molar-refractivity contribution in [1.29, 1.82) is 0 Å². The number of nitrogens with zero attached hydrogens (tertiary/aromatic N) is 2. The van der Waals surface area contributed by atoms with Crippen LogP contribution >= 0.6 is 11.6 Å². The lowest BCUT2D eigenvalue weighted by atomic mass is 10.1. The third kappa shape index (κ3) is 2.74. The highest BCUT2D eigenvalue weighted by Crippen LogP contribution is 2.27. The summed E-state index contributed by atoms with van der Waals surface area (Å²) in [6.45, 7) is 1.98. The Morgan fingerprint density at radius 2 is 2.10 bits per heavy atom. The zero-order valence-electron chi connectivity index (χ0n) is 12.1. The number of benzene rings is 1. The SMILES string of the molecule is COc1cccc(Cc2nc3ccccn3c2C(C)Cl)c1. The Labute approximate surface area is 129 Å². The summed E-state index contributed by atoms with van der Waals surface area (Å²) in [5, 5.41) is -0.0944. The Balaban J connectivity index is 2.05. The van der Waals surface area contributed by atoms with Crippen LogP contribution in [0.3, 0.4) is 0 Å². The maximum absolute atomic E-state index is 6.37. The Bertz CT molecular complexity index is 764. The molecule has 3 aromatic rings. The van der Waals surface area contributed by atoms with Crippen molar-refractivity contribution in [2.45, 2.75) is 18.7 Å². The van der Waals surface area contributed by atoms with Gasteiger partial charge in [-0.3, -0.25) is 0 Å². The minimum atomic E-state index is -0.0944. The van der Waals surface area contributed by atoms with E-state index in [0.717, 1.165) is 34.8 Å². The number of fused-ring (bicyclic) bond motifs is 1. The number of hydrogen-bond acceptors (Lipinski definition) is 2. The van der Waals surface area contributed by atoms with Gasteiger partial charge in [-0.15, -0.1) is 11.6 Å². The second-order valence-electron chi connectivity index (χ2n) is 5.02. The van der Waals surface area contributed by atoms with Crippen LogP contribution in [0.5, 0.6) is 5.75 Å². The standard InChI is InChI=1S/C17H17ClN2O/c1-12(18)17-15(19-16-8-3-4-9-20(16)17)11-13-6-5-7-14(10-13)21-2/h3-10,12H,11H2,1-2H3. The van der Waals surface area contributed by atoms with Gasteiger partial charge in [0.1, 0.15) is 11.4 Å². The first-order valence-corrected chi connectivity index (χ1v) is 7.35. The van der Waals surface area contributed by atoms with Gasteiger partial charge in [0.05, 0.1) is 23.9 Å². The van der Waals surface area contributed by atoms with Crippen molar-refractivity contribution in [2.75, 3.05) is 7.11 Å². The van der Waals surface area contributed by atoms with Crippen molar-refractivity contribution in [2.24, 2.45) is 0 Å². The maximum atomic E-state index is 6.37. The molecule has 1 aromatic carbocycles. The smallest absolute Gasteiger partial charge is 0.137 e. The number of halogens is 1. The van der Waals surface area contributed by atoms with E-state index in [0.29, 0.717) is 0 Å². The van der Waals surface area contributed by atoms with E-state index in [9.17, 15) is 0 Å². The lowest BCUT2D eigenvalue weighted by Crippen LogP contribution is -1.99. The van der Waals surface area contributed by atoms with Crippen LogP contribution in [0.4, 0.5) is 0 Å². The largest absolute Gasteiger partial charge is 0.497 e. The first-order chi connectivity index (χ1) is 10.2. The minimum absolute atomic E-state index is 0.0944. The van der Waals surface area contributed by atoms with Crippen LogP contribution in [-0.2, 0) is 6.42 Å². The van der Waals surface area contributed by atoms with E-state index in [1.54, 1.807) is 7.11 Å². The third-order valence-corrected chi connectivity index (χ3v) is 3.73. The van der Waals surface area contributed by atoms with Gasteiger partial charge in [-0.25, -0.2) is 4.98 Å². The van der Waals surface area contributed by atoms with E-state index in [4.69, 9.17) is 21.3 Å². The van der Waals surface area contributed by atoms with Gasteiger partial charge in [-0.05, 0) is 36.8 Å². The molecule has 0 aliphatic rings. The molecule has 1 unspecified atom stereocenters. The van der Waals surface area contributed by atoms with Gasteiger partial charge in [0.15, 0.2) is 0 Å². The quantitative estimate of drug-likeness (QED) is 0.674. The fraction of sp³-hybridized carbons (Fsp3) is 0.235. The summed E-state index contributed by atoms with van der Waals surface area (Å²) in [5.41, 5.74) is 4.15. The average Bonchev–Trinajstić information content (AvgIpc) is 2.85. The summed E-state index contributed by atoms with van der Waals surface area (Å²) >= 11 is 6.37. The topological polar surface area (TPSA) is 26.5 Å². The van der Waals surface area contributed by atoms with Crippen LogP contribution < -0.4 is 4.74 Å². The number of ether oxygens (including phenoxy) is 1. The van der Waals surface area contributed by atoms with E-state index in [2.05, 4.69) is 10.5 Å². The summed E-state index contributed by atoms with van der Waals surface area (Å²) in [7, 11) is 1.68. The summed E-state index contributed by atoms with van der Waals surface area (Å²) in [6, 6.07) is 14.0. The van der Waals surface area contributed by atoms with Crippen molar-refractivity contribution in [3.8, 4) is 5.75 Å². The molecule has 0 aliphatic heterocycles. The van der Waals surface area contributed by atoms with Gasteiger partial charge >= 0.3 is 0 Å². The molecule has 21 heavy (non-hydrogen) atoms. The molecule has 0 bridgehead atoms. The molecule has 0 aliphatic carbocycles. The predicted molar refractivity (Wildman–Crippen MR) is 85.3 cm³/mol. The Morgan fingerprint density at radius 1 is 1.24 bits per heavy atom. The molecular weight excluding hydrogens is 284 g/mol. The normalized spacial score (nSPS) is 12.5. The summed E-state index contributed by atoms with van der Waals surface area (Å²) in [5.74, 6) is 0.858. The molecule has 3 nitrogen and oxygen atoms in total. The molecule has 0 fully saturated rings. The van der Waals surface area contributed by atoms with E-state index < -0.39 is 0 Å². The summed E-state index contributed by atoms with van der Waals surface area (Å²) in [4.78, 5) is 4.72. The molecule has 2 heterocycles. The van der Waals surface area contributed by atoms with Crippen molar-refractivity contribution in [3.63, 3.8) is 0 Å². The maximum Gasteiger partial charge on any atom is 0.137 e. The van der Waals surface area contributed by atoms with Crippen LogP contribution in [0, 0.1) is 0 Å². The molecule has 2 aromatic heterocycles. The molecule has 0 saturated carbocycles. The first-order valence-electron chi connectivity index (χ1n) is 6.92. The lowest BCUT2D eigenvalue weighted by Gasteiger charge is -2.08. The molecule has 1 atom stereocenters. The predicted octanol–water partition coefficient (Wildman–Crippen LogP) is 4.23. The Hall–Kier alpha value is -2.00. The van der Waals surface area contributed by atoms with Gasteiger partial charge in [-0.1, -0.05) is 18.2 Å². The number of hydrogen-bond donors (Lipinski definition) is 0. The first kappa shape index (κ1) is 14.0. The fourth-order valence-electron chi connectivity index (χ4n) is 2.59. The monoisotopic (exact) mass is 300 g/mol. The third-order valence-electron chi connectivity index (χ3n) is 3.53. The van der Waals surface area contributed by atoms with E-state index in [1.807, 2.05) is 49.5 Å². The molecule has 0 N–H and O–H groups in total. The zero-order chi connectivity index (χ0) is 14.8. The van der Waals surface area contributed by atoms with Gasteiger partial charge in [0.2, 0.25) is 0 Å². The molecule has 0 radical (unpaired) electrons. The van der Waals surface area contributed by atoms with Crippen molar-refractivity contribution >= 4 is 17.2 Å². The summed E-state index contributed by atoms with van der Waals surface area (Å²) in [6.07, 6.45) is 2.75. The molecule has 3 rings (SSSR count). The Kier molecular flexibility index (Phi) is 3.84. The average molecular weight is 301 g/mol. The van der Waals surface area contributed by atoms with Crippen molar-refractivity contribution in [1.82, 2.24) is 9.38 Å².